The lowest BCUT2D eigenvalue weighted by Crippen LogP contribution is -1.86. The molecular formula is C14H27IO. The highest BCUT2D eigenvalue weighted by atomic mass is 127. The normalized spacial score (nSPS) is 10.6. The van der Waals surface area contributed by atoms with Crippen LogP contribution in [0.3, 0.4) is 0 Å². The van der Waals surface area contributed by atoms with Gasteiger partial charge in [0.15, 0.2) is 3.79 Å². The van der Waals surface area contributed by atoms with E-state index in [1.54, 1.807) is 0 Å². The Morgan fingerprint density at radius 3 is 1.50 bits per heavy atom. The second kappa shape index (κ2) is 13.5. The first-order valence-electron chi connectivity index (χ1n) is 6.95. The summed E-state index contributed by atoms with van der Waals surface area (Å²) in [6.45, 7) is 2.26. The number of unbranched alkanes of at least 4 members (excludes halogenated alkanes) is 10. The molecule has 0 aromatic heterocycles. The number of carbonyl (C=O) groups is 1. The molecule has 0 N–H and O–H groups in total. The summed E-state index contributed by atoms with van der Waals surface area (Å²) >= 11 is 1.89. The molecule has 0 fully saturated rings. The van der Waals surface area contributed by atoms with E-state index in [2.05, 4.69) is 6.92 Å². The highest BCUT2D eigenvalue weighted by molar-refractivity contribution is 14.1. The van der Waals surface area contributed by atoms with Crippen molar-refractivity contribution in [3.8, 4) is 0 Å². The predicted octanol–water partition coefficient (Wildman–Crippen LogP) is 5.65. The molecule has 0 aliphatic rings. The van der Waals surface area contributed by atoms with E-state index in [1.165, 1.54) is 64.2 Å². The molecule has 2 heteroatoms. The molecule has 0 saturated carbocycles. The van der Waals surface area contributed by atoms with Crippen LogP contribution in [0.1, 0.15) is 84.0 Å². The molecule has 0 aliphatic carbocycles. The minimum atomic E-state index is 0.313. The van der Waals surface area contributed by atoms with Crippen molar-refractivity contribution in [3.05, 3.63) is 0 Å². The van der Waals surface area contributed by atoms with Crippen molar-refractivity contribution >= 4 is 26.4 Å². The number of halogens is 1. The molecular weight excluding hydrogens is 311 g/mol. The molecule has 1 nitrogen and oxygen atoms in total. The highest BCUT2D eigenvalue weighted by Gasteiger charge is 1.95. The van der Waals surface area contributed by atoms with Crippen LogP contribution in [0.15, 0.2) is 0 Å². The van der Waals surface area contributed by atoms with Gasteiger partial charge in [0.05, 0.1) is 0 Å². The van der Waals surface area contributed by atoms with Crippen molar-refractivity contribution in [2.24, 2.45) is 0 Å². The fourth-order valence-electron chi connectivity index (χ4n) is 1.93. The Morgan fingerprint density at radius 1 is 0.750 bits per heavy atom. The maximum absolute atomic E-state index is 10.7. The fourth-order valence-corrected chi connectivity index (χ4v) is 2.31. The molecule has 0 radical (unpaired) electrons. The van der Waals surface area contributed by atoms with E-state index in [9.17, 15) is 4.79 Å². The van der Waals surface area contributed by atoms with Crippen molar-refractivity contribution < 1.29 is 4.79 Å². The second-order valence-corrected chi connectivity index (χ2v) is 5.84. The standard InChI is InChI=1S/C14H27IO/c1-2-3-4-5-6-7-8-9-10-11-12-13-14(15)16/h2-13H2,1H3. The molecule has 16 heavy (non-hydrogen) atoms. The molecule has 0 heterocycles. The van der Waals surface area contributed by atoms with E-state index in [0.29, 0.717) is 3.79 Å². The third-order valence-corrected chi connectivity index (χ3v) is 3.52. The van der Waals surface area contributed by atoms with Gasteiger partial charge in [0, 0.05) is 6.42 Å². The summed E-state index contributed by atoms with van der Waals surface area (Å²) in [5, 5.41) is 0. The van der Waals surface area contributed by atoms with Crippen LogP contribution in [0.4, 0.5) is 0 Å². The maximum Gasteiger partial charge on any atom is 0.192 e. The van der Waals surface area contributed by atoms with Gasteiger partial charge in [-0.3, -0.25) is 4.79 Å². The Kier molecular flexibility index (Phi) is 13.8. The van der Waals surface area contributed by atoms with E-state index in [0.717, 1.165) is 12.8 Å². The summed E-state index contributed by atoms with van der Waals surface area (Å²) in [5.74, 6) is 0. The Morgan fingerprint density at radius 2 is 1.12 bits per heavy atom. The van der Waals surface area contributed by atoms with Crippen LogP contribution in [0.5, 0.6) is 0 Å². The van der Waals surface area contributed by atoms with Crippen LogP contribution < -0.4 is 0 Å². The van der Waals surface area contributed by atoms with Gasteiger partial charge in [-0.1, -0.05) is 71.1 Å². The molecule has 0 aromatic rings. The van der Waals surface area contributed by atoms with Gasteiger partial charge in [0.25, 0.3) is 0 Å². The summed E-state index contributed by atoms with van der Waals surface area (Å²) in [5.41, 5.74) is 0. The Balaban J connectivity index is 2.90. The average Bonchev–Trinajstić information content (AvgIpc) is 2.25. The van der Waals surface area contributed by atoms with Gasteiger partial charge in [-0.05, 0) is 29.0 Å². The summed E-state index contributed by atoms with van der Waals surface area (Å²) in [7, 11) is 0. The lowest BCUT2D eigenvalue weighted by Gasteiger charge is -2.01. The molecule has 0 rings (SSSR count). The second-order valence-electron chi connectivity index (χ2n) is 4.64. The van der Waals surface area contributed by atoms with Crippen LogP contribution in [0, 0.1) is 0 Å². The van der Waals surface area contributed by atoms with Crippen molar-refractivity contribution in [2.75, 3.05) is 0 Å². The molecule has 0 saturated heterocycles. The monoisotopic (exact) mass is 338 g/mol. The van der Waals surface area contributed by atoms with E-state index in [-0.39, 0.29) is 0 Å². The third kappa shape index (κ3) is 14.4. The van der Waals surface area contributed by atoms with Gasteiger partial charge < -0.3 is 0 Å². The predicted molar refractivity (Wildman–Crippen MR) is 80.1 cm³/mol. The first-order chi connectivity index (χ1) is 7.77. The molecule has 0 atom stereocenters. The third-order valence-electron chi connectivity index (χ3n) is 2.98. The Labute approximate surface area is 115 Å². The SMILES string of the molecule is CCCCCCCCCCCCCC(=O)I. The van der Waals surface area contributed by atoms with Crippen LogP contribution in [-0.2, 0) is 4.79 Å². The fraction of sp³-hybridized carbons (Fsp3) is 0.929. The van der Waals surface area contributed by atoms with E-state index in [4.69, 9.17) is 0 Å². The van der Waals surface area contributed by atoms with Crippen LogP contribution in [0.2, 0.25) is 0 Å². The van der Waals surface area contributed by atoms with E-state index in [1.807, 2.05) is 22.6 Å². The summed E-state index contributed by atoms with van der Waals surface area (Å²) < 4.78 is 0.313. The lowest BCUT2D eigenvalue weighted by molar-refractivity contribution is -0.109. The maximum atomic E-state index is 10.7. The van der Waals surface area contributed by atoms with E-state index >= 15 is 0 Å². The van der Waals surface area contributed by atoms with Crippen LogP contribution >= 0.6 is 22.6 Å². The van der Waals surface area contributed by atoms with Crippen LogP contribution in [0.25, 0.3) is 0 Å². The summed E-state index contributed by atoms with van der Waals surface area (Å²) in [6, 6.07) is 0. The quantitative estimate of drug-likeness (QED) is 0.255. The van der Waals surface area contributed by atoms with Crippen molar-refractivity contribution in [2.45, 2.75) is 84.0 Å². The molecule has 0 aliphatic heterocycles. The van der Waals surface area contributed by atoms with Gasteiger partial charge in [-0.25, -0.2) is 0 Å². The smallest absolute Gasteiger partial charge is 0.192 e. The lowest BCUT2D eigenvalue weighted by atomic mass is 10.1. The number of hydrogen-bond donors (Lipinski definition) is 0. The number of rotatable bonds is 12. The number of carbonyl (C=O) groups excluding carboxylic acids is 1. The zero-order valence-electron chi connectivity index (χ0n) is 10.8. The highest BCUT2D eigenvalue weighted by Crippen LogP contribution is 2.12. The minimum absolute atomic E-state index is 0.313. The van der Waals surface area contributed by atoms with Crippen molar-refractivity contribution in [1.29, 1.82) is 0 Å². The number of hydrogen-bond acceptors (Lipinski definition) is 1. The largest absolute Gasteiger partial charge is 0.288 e. The minimum Gasteiger partial charge on any atom is -0.288 e. The van der Waals surface area contributed by atoms with Crippen LogP contribution in [-0.4, -0.2) is 3.79 Å². The van der Waals surface area contributed by atoms with Crippen molar-refractivity contribution in [1.82, 2.24) is 0 Å². The molecule has 0 unspecified atom stereocenters. The van der Waals surface area contributed by atoms with Gasteiger partial charge in [0.1, 0.15) is 0 Å². The van der Waals surface area contributed by atoms with E-state index < -0.39 is 0 Å². The molecule has 0 aromatic carbocycles. The van der Waals surface area contributed by atoms with Gasteiger partial charge >= 0.3 is 0 Å². The Bertz CT molecular complexity index is 157. The molecule has 96 valence electrons. The topological polar surface area (TPSA) is 17.1 Å². The summed E-state index contributed by atoms with van der Waals surface area (Å²) in [6.07, 6.45) is 15.6. The van der Waals surface area contributed by atoms with Crippen molar-refractivity contribution in [3.63, 3.8) is 0 Å². The zero-order valence-corrected chi connectivity index (χ0v) is 12.9. The van der Waals surface area contributed by atoms with Gasteiger partial charge in [-0.2, -0.15) is 0 Å². The zero-order chi connectivity index (χ0) is 12.1. The molecule has 0 amide bonds. The average molecular weight is 338 g/mol. The Hall–Kier alpha value is 0.400. The first-order valence-corrected chi connectivity index (χ1v) is 8.03. The first kappa shape index (κ1) is 16.4. The van der Waals surface area contributed by atoms with Gasteiger partial charge in [-0.15, -0.1) is 0 Å². The van der Waals surface area contributed by atoms with Gasteiger partial charge in [0.2, 0.25) is 0 Å². The molecule has 0 bridgehead atoms. The molecule has 0 spiro atoms. The summed E-state index contributed by atoms with van der Waals surface area (Å²) in [4.78, 5) is 10.7.